The van der Waals surface area contributed by atoms with Crippen molar-refractivity contribution in [3.63, 3.8) is 0 Å². The Hall–Kier alpha value is -2.03. The molecule has 2 aromatic heterocycles. The number of thiophene rings is 1. The third-order valence-corrected chi connectivity index (χ3v) is 3.42. The Kier molecular flexibility index (Phi) is 4.39. The molecular formula is C14H14N2O2S. The highest BCUT2D eigenvalue weighted by Gasteiger charge is 2.13. The number of carbonyl (C=O) groups is 1. The molecule has 2 rings (SSSR count). The Morgan fingerprint density at radius 1 is 1.58 bits per heavy atom. The van der Waals surface area contributed by atoms with E-state index in [1.807, 2.05) is 11.4 Å². The molecule has 0 aliphatic rings. The first-order valence-corrected chi connectivity index (χ1v) is 6.62. The Bertz CT molecular complexity index is 605. The van der Waals surface area contributed by atoms with Crippen LogP contribution in [-0.4, -0.2) is 24.4 Å². The van der Waals surface area contributed by atoms with E-state index >= 15 is 0 Å². The van der Waals surface area contributed by atoms with Gasteiger partial charge < -0.3 is 15.1 Å². The van der Waals surface area contributed by atoms with Gasteiger partial charge in [0, 0.05) is 22.9 Å². The lowest BCUT2D eigenvalue weighted by Gasteiger charge is -2.14. The minimum absolute atomic E-state index is 0.0586. The molecule has 0 aromatic carbocycles. The first kappa shape index (κ1) is 13.4. The van der Waals surface area contributed by atoms with Crippen molar-refractivity contribution in [1.82, 2.24) is 4.90 Å². The van der Waals surface area contributed by atoms with E-state index in [2.05, 4.69) is 11.8 Å². The van der Waals surface area contributed by atoms with Gasteiger partial charge in [-0.05, 0) is 12.1 Å². The second kappa shape index (κ2) is 6.23. The van der Waals surface area contributed by atoms with Crippen molar-refractivity contribution in [3.05, 3.63) is 46.0 Å². The zero-order chi connectivity index (χ0) is 13.7. The van der Waals surface area contributed by atoms with Crippen LogP contribution in [0.4, 0.5) is 0 Å². The summed E-state index contributed by atoms with van der Waals surface area (Å²) in [5.74, 6) is 5.72. The summed E-state index contributed by atoms with van der Waals surface area (Å²) in [6.45, 7) is 0.906. The predicted molar refractivity (Wildman–Crippen MR) is 74.8 cm³/mol. The molecule has 0 aliphatic heterocycles. The molecule has 0 bridgehead atoms. The molecule has 0 saturated heterocycles. The van der Waals surface area contributed by atoms with Gasteiger partial charge in [-0.3, -0.25) is 4.79 Å². The van der Waals surface area contributed by atoms with Gasteiger partial charge in [-0.15, -0.1) is 11.3 Å². The van der Waals surface area contributed by atoms with E-state index in [1.54, 1.807) is 29.4 Å². The predicted octanol–water partition coefficient (Wildman–Crippen LogP) is 1.92. The maximum absolute atomic E-state index is 12.0. The van der Waals surface area contributed by atoms with Gasteiger partial charge in [0.15, 0.2) is 0 Å². The molecule has 0 fully saturated rings. The second-order valence-electron chi connectivity index (χ2n) is 3.98. The van der Waals surface area contributed by atoms with Crippen LogP contribution in [-0.2, 0) is 6.54 Å². The number of furan rings is 1. The van der Waals surface area contributed by atoms with E-state index in [4.69, 9.17) is 10.2 Å². The highest BCUT2D eigenvalue weighted by molar-refractivity contribution is 7.10. The molecule has 4 nitrogen and oxygen atoms in total. The molecule has 0 aliphatic carbocycles. The van der Waals surface area contributed by atoms with Crippen LogP contribution in [0.15, 0.2) is 34.5 Å². The summed E-state index contributed by atoms with van der Waals surface area (Å²) in [7, 11) is 1.76. The van der Waals surface area contributed by atoms with E-state index in [9.17, 15) is 4.79 Å². The van der Waals surface area contributed by atoms with Crippen LogP contribution < -0.4 is 5.73 Å². The lowest BCUT2D eigenvalue weighted by molar-refractivity contribution is 0.0785. The fourth-order valence-corrected chi connectivity index (χ4v) is 2.46. The maximum Gasteiger partial charge on any atom is 0.257 e. The lowest BCUT2D eigenvalue weighted by atomic mass is 10.2. The van der Waals surface area contributed by atoms with Gasteiger partial charge in [-0.1, -0.05) is 11.8 Å². The zero-order valence-corrected chi connectivity index (χ0v) is 11.4. The topological polar surface area (TPSA) is 59.5 Å². The minimum Gasteiger partial charge on any atom is -0.472 e. The highest BCUT2D eigenvalue weighted by Crippen LogP contribution is 2.16. The third-order valence-electron chi connectivity index (χ3n) is 2.50. The highest BCUT2D eigenvalue weighted by atomic mass is 32.1. The summed E-state index contributed by atoms with van der Waals surface area (Å²) in [6.07, 6.45) is 2.94. The maximum atomic E-state index is 12.0. The van der Waals surface area contributed by atoms with Gasteiger partial charge in [-0.25, -0.2) is 0 Å². The number of rotatable bonds is 3. The van der Waals surface area contributed by atoms with Gasteiger partial charge in [0.1, 0.15) is 6.26 Å². The molecule has 0 radical (unpaired) electrons. The van der Waals surface area contributed by atoms with Crippen molar-refractivity contribution in [2.75, 3.05) is 13.6 Å². The van der Waals surface area contributed by atoms with Gasteiger partial charge in [0.25, 0.3) is 5.91 Å². The minimum atomic E-state index is -0.0586. The van der Waals surface area contributed by atoms with E-state index in [-0.39, 0.29) is 5.91 Å². The number of nitrogens with zero attached hydrogens (tertiary/aromatic N) is 1. The molecule has 5 heteroatoms. The molecule has 1 amide bonds. The quantitative estimate of drug-likeness (QED) is 0.870. The normalized spacial score (nSPS) is 9.79. The molecule has 0 unspecified atom stereocenters. The van der Waals surface area contributed by atoms with Crippen molar-refractivity contribution < 1.29 is 9.21 Å². The fourth-order valence-electron chi connectivity index (χ4n) is 1.59. The number of amides is 1. The number of carbonyl (C=O) groups excluding carboxylic acids is 1. The molecule has 98 valence electrons. The Balaban J connectivity index is 2.01. The Morgan fingerprint density at radius 2 is 2.42 bits per heavy atom. The van der Waals surface area contributed by atoms with Crippen LogP contribution in [0.5, 0.6) is 0 Å². The summed E-state index contributed by atoms with van der Waals surface area (Å²) in [6, 6.07) is 3.64. The molecular weight excluding hydrogens is 260 g/mol. The summed E-state index contributed by atoms with van der Waals surface area (Å²) >= 11 is 1.58. The molecule has 0 spiro atoms. The zero-order valence-electron chi connectivity index (χ0n) is 10.6. The summed E-state index contributed by atoms with van der Waals surface area (Å²) in [4.78, 5) is 14.7. The summed E-state index contributed by atoms with van der Waals surface area (Å²) in [5.41, 5.74) is 6.82. The molecule has 0 saturated carbocycles. The molecule has 2 aromatic rings. The van der Waals surface area contributed by atoms with E-state index in [0.29, 0.717) is 18.7 Å². The number of hydrogen-bond donors (Lipinski definition) is 1. The Morgan fingerprint density at radius 3 is 3.11 bits per heavy atom. The SMILES string of the molecule is CN(Cc1cc(C#CCN)cs1)C(=O)c1ccoc1. The first-order chi connectivity index (χ1) is 9.20. The van der Waals surface area contributed by atoms with Crippen molar-refractivity contribution in [1.29, 1.82) is 0 Å². The molecule has 0 atom stereocenters. The summed E-state index contributed by atoms with van der Waals surface area (Å²) in [5, 5.41) is 1.97. The van der Waals surface area contributed by atoms with Crippen molar-refractivity contribution in [2.24, 2.45) is 5.73 Å². The van der Waals surface area contributed by atoms with E-state index < -0.39 is 0 Å². The fraction of sp³-hybridized carbons (Fsp3) is 0.214. The van der Waals surface area contributed by atoms with Crippen LogP contribution >= 0.6 is 11.3 Å². The van der Waals surface area contributed by atoms with Crippen molar-refractivity contribution in [2.45, 2.75) is 6.54 Å². The molecule has 19 heavy (non-hydrogen) atoms. The summed E-state index contributed by atoms with van der Waals surface area (Å²) < 4.78 is 4.91. The third kappa shape index (κ3) is 3.47. The van der Waals surface area contributed by atoms with Gasteiger partial charge in [-0.2, -0.15) is 0 Å². The van der Waals surface area contributed by atoms with E-state index in [0.717, 1.165) is 10.4 Å². The second-order valence-corrected chi connectivity index (χ2v) is 4.98. The Labute approximate surface area is 115 Å². The van der Waals surface area contributed by atoms with Crippen LogP contribution in [0.1, 0.15) is 20.8 Å². The van der Waals surface area contributed by atoms with Gasteiger partial charge in [0.2, 0.25) is 0 Å². The van der Waals surface area contributed by atoms with E-state index in [1.165, 1.54) is 12.5 Å². The van der Waals surface area contributed by atoms with Gasteiger partial charge in [0.05, 0.1) is 24.9 Å². The average molecular weight is 274 g/mol. The number of nitrogens with two attached hydrogens (primary N) is 1. The van der Waals surface area contributed by atoms with Crippen LogP contribution in [0.3, 0.4) is 0 Å². The van der Waals surface area contributed by atoms with Crippen LogP contribution in [0.2, 0.25) is 0 Å². The monoisotopic (exact) mass is 274 g/mol. The van der Waals surface area contributed by atoms with Crippen LogP contribution in [0.25, 0.3) is 0 Å². The standard InChI is InChI=1S/C14H14N2O2S/c1-16(14(17)12-4-6-18-9-12)8-13-7-11(10-19-13)3-2-5-15/h4,6-7,9-10H,5,8,15H2,1H3. The molecule has 2 heterocycles. The van der Waals surface area contributed by atoms with Gasteiger partial charge >= 0.3 is 0 Å². The van der Waals surface area contributed by atoms with Crippen molar-refractivity contribution in [3.8, 4) is 11.8 Å². The van der Waals surface area contributed by atoms with Crippen LogP contribution in [0, 0.1) is 11.8 Å². The lowest BCUT2D eigenvalue weighted by Crippen LogP contribution is -2.25. The van der Waals surface area contributed by atoms with Crippen molar-refractivity contribution >= 4 is 17.2 Å². The smallest absolute Gasteiger partial charge is 0.257 e. The number of hydrogen-bond acceptors (Lipinski definition) is 4. The first-order valence-electron chi connectivity index (χ1n) is 5.74. The average Bonchev–Trinajstić information content (AvgIpc) is 3.06. The largest absolute Gasteiger partial charge is 0.472 e. The molecule has 2 N–H and O–H groups in total.